The first-order chi connectivity index (χ1) is 18.8. The zero-order valence-corrected chi connectivity index (χ0v) is 24.3. The van der Waals surface area contributed by atoms with Gasteiger partial charge >= 0.3 is 5.97 Å². The second-order valence-electron chi connectivity index (χ2n) is 10.3. The highest BCUT2D eigenvalue weighted by atomic mass is 79.9. The molecule has 0 saturated carbocycles. The maximum atomic E-state index is 14.4. The maximum absolute atomic E-state index is 14.4. The van der Waals surface area contributed by atoms with Gasteiger partial charge in [0, 0.05) is 35.2 Å². The van der Waals surface area contributed by atoms with Crippen molar-refractivity contribution in [2.45, 2.75) is 61.1 Å². The first-order valence-corrected chi connectivity index (χ1v) is 14.8. The van der Waals surface area contributed by atoms with Gasteiger partial charge < -0.3 is 24.4 Å². The molecule has 1 spiro atoms. The van der Waals surface area contributed by atoms with Gasteiger partial charge in [0.1, 0.15) is 11.6 Å². The molecule has 1 N–H and O–H groups in total. The average Bonchev–Trinajstić information content (AvgIpc) is 3.51. The fourth-order valence-electron chi connectivity index (χ4n) is 6.19. The van der Waals surface area contributed by atoms with E-state index in [1.807, 2.05) is 6.08 Å². The highest BCUT2D eigenvalue weighted by molar-refractivity contribution is 9.09. The van der Waals surface area contributed by atoms with Crippen LogP contribution in [-0.2, 0) is 23.9 Å². The minimum atomic E-state index is -1.18. The second-order valence-corrected chi connectivity index (χ2v) is 11.9. The summed E-state index contributed by atoms with van der Waals surface area (Å²) in [5.74, 6) is -2.69. The number of halogens is 2. The van der Waals surface area contributed by atoms with Crippen molar-refractivity contribution < 1.29 is 29.0 Å². The Balaban J connectivity index is 1.67. The molecule has 0 aromatic heterocycles. The van der Waals surface area contributed by atoms with Crippen molar-refractivity contribution in [2.75, 3.05) is 31.2 Å². The van der Waals surface area contributed by atoms with Crippen molar-refractivity contribution in [2.24, 2.45) is 11.8 Å². The maximum Gasteiger partial charge on any atom is 0.312 e. The van der Waals surface area contributed by atoms with E-state index >= 15 is 0 Å². The van der Waals surface area contributed by atoms with Gasteiger partial charge in [-0.1, -0.05) is 39.7 Å². The lowest BCUT2D eigenvalue weighted by atomic mass is 9.70. The number of allylic oxidation sites excluding steroid dienone is 1. The highest BCUT2D eigenvalue weighted by Gasteiger charge is 2.77. The van der Waals surface area contributed by atoms with Crippen molar-refractivity contribution in [3.05, 3.63) is 54.6 Å². The smallest absolute Gasteiger partial charge is 0.312 e. The molecule has 3 unspecified atom stereocenters. The molecule has 3 aliphatic heterocycles. The molecule has 2 amide bonds. The Morgan fingerprint density at radius 1 is 1.21 bits per heavy atom. The number of carbonyl (C=O) groups excluding carboxylic acids is 3. The zero-order valence-electron chi connectivity index (χ0n) is 22.0. The molecule has 1 aromatic rings. The van der Waals surface area contributed by atoms with Crippen molar-refractivity contribution in [1.82, 2.24) is 4.90 Å². The largest absolute Gasteiger partial charge is 0.465 e. The number of ether oxygens (including phenoxy) is 2. The molecule has 3 fully saturated rings. The van der Waals surface area contributed by atoms with Gasteiger partial charge in [-0.3, -0.25) is 14.4 Å². The molecule has 212 valence electrons. The van der Waals surface area contributed by atoms with Crippen molar-refractivity contribution >= 4 is 51.0 Å². The summed E-state index contributed by atoms with van der Waals surface area (Å²) in [5, 5.41) is 9.90. The number of unbranched alkanes of at least 4 members (excludes halogenated alkanes) is 3. The SMILES string of the molecule is C=CCCCCOC(=O)[C@H]1[C@H]2C(=O)N(CCCCO)C(C(=O)N(CC=C)c3ccc(Cl)cc3)C23CC(Br)[C@@H]1O3. The van der Waals surface area contributed by atoms with E-state index in [4.69, 9.17) is 21.1 Å². The first kappa shape index (κ1) is 29.8. The lowest BCUT2D eigenvalue weighted by molar-refractivity contribution is -0.155. The molecule has 2 bridgehead atoms. The number of esters is 1. The number of aliphatic hydroxyl groups excluding tert-OH is 1. The summed E-state index contributed by atoms with van der Waals surface area (Å²) >= 11 is 9.77. The van der Waals surface area contributed by atoms with Crippen LogP contribution in [0.1, 0.15) is 38.5 Å². The van der Waals surface area contributed by atoms with Crippen LogP contribution < -0.4 is 4.90 Å². The second kappa shape index (κ2) is 13.0. The number of hydrogen-bond acceptors (Lipinski definition) is 6. The standard InChI is InChI=1S/C29H36BrClN2O6/c1-3-5-6-9-17-38-28(37)22-23-26(35)33(15-7-8-16-34)25(29(23)18-21(30)24(22)39-29)27(36)32(14-4-2)20-12-10-19(31)11-13-20/h3-4,10-13,21-25,34H,1-2,5-9,14-18H2/t21?,22-,23-,24-,25?,29?/m0/s1. The Morgan fingerprint density at radius 3 is 2.62 bits per heavy atom. The van der Waals surface area contributed by atoms with Gasteiger partial charge in [0.05, 0.1) is 24.5 Å². The number of benzene rings is 1. The molecule has 0 aliphatic carbocycles. The minimum Gasteiger partial charge on any atom is -0.465 e. The normalized spacial score (nSPS) is 28.8. The summed E-state index contributed by atoms with van der Waals surface area (Å²) in [5.41, 5.74) is -0.560. The lowest BCUT2D eigenvalue weighted by Gasteiger charge is -2.37. The number of likely N-dealkylation sites (tertiary alicyclic amines) is 1. The summed E-state index contributed by atoms with van der Waals surface area (Å²) < 4.78 is 12.2. The van der Waals surface area contributed by atoms with Crippen LogP contribution in [0, 0.1) is 11.8 Å². The number of hydrogen-bond donors (Lipinski definition) is 1. The van der Waals surface area contributed by atoms with Gasteiger partial charge in [-0.15, -0.1) is 13.2 Å². The third-order valence-corrected chi connectivity index (χ3v) is 8.96. The predicted octanol–water partition coefficient (Wildman–Crippen LogP) is 4.28. The first-order valence-electron chi connectivity index (χ1n) is 13.5. The van der Waals surface area contributed by atoms with E-state index in [-0.39, 0.29) is 42.9 Å². The molecule has 3 aliphatic rings. The highest BCUT2D eigenvalue weighted by Crippen LogP contribution is 2.60. The van der Waals surface area contributed by atoms with Crippen molar-refractivity contribution in [3.8, 4) is 0 Å². The Morgan fingerprint density at radius 2 is 1.95 bits per heavy atom. The number of fused-ring (bicyclic) bond motifs is 1. The average molecular weight is 624 g/mol. The lowest BCUT2D eigenvalue weighted by Crippen LogP contribution is -2.57. The van der Waals surface area contributed by atoms with E-state index in [1.165, 1.54) is 0 Å². The van der Waals surface area contributed by atoms with E-state index < -0.39 is 35.6 Å². The third kappa shape index (κ3) is 5.69. The van der Waals surface area contributed by atoms with Gasteiger partial charge in [0.15, 0.2) is 0 Å². The summed E-state index contributed by atoms with van der Waals surface area (Å²) in [6.45, 7) is 8.24. The molecular weight excluding hydrogens is 588 g/mol. The van der Waals surface area contributed by atoms with E-state index in [0.29, 0.717) is 36.4 Å². The molecule has 6 atom stereocenters. The molecule has 3 heterocycles. The number of aliphatic hydroxyl groups is 1. The molecule has 1 aromatic carbocycles. The van der Waals surface area contributed by atoms with Gasteiger partial charge in [-0.25, -0.2) is 0 Å². The topological polar surface area (TPSA) is 96.4 Å². The Bertz CT molecular complexity index is 1080. The summed E-state index contributed by atoms with van der Waals surface area (Å²) in [6.07, 6.45) is 6.67. The van der Waals surface area contributed by atoms with E-state index in [9.17, 15) is 19.5 Å². The quantitative estimate of drug-likeness (QED) is 0.144. The minimum absolute atomic E-state index is 0.0224. The number of alkyl halides is 1. The summed E-state index contributed by atoms with van der Waals surface area (Å²) in [4.78, 5) is 44.7. The molecule has 39 heavy (non-hydrogen) atoms. The molecule has 0 radical (unpaired) electrons. The number of nitrogens with zero attached hydrogens (tertiary/aromatic N) is 2. The van der Waals surface area contributed by atoms with Crippen LogP contribution >= 0.6 is 27.5 Å². The third-order valence-electron chi connectivity index (χ3n) is 7.87. The Kier molecular flexibility index (Phi) is 9.91. The van der Waals surface area contributed by atoms with E-state index in [2.05, 4.69) is 29.1 Å². The monoisotopic (exact) mass is 622 g/mol. The molecule has 3 saturated heterocycles. The molecular formula is C29H36BrClN2O6. The van der Waals surface area contributed by atoms with E-state index in [0.717, 1.165) is 12.8 Å². The van der Waals surface area contributed by atoms with Crippen LogP contribution in [0.25, 0.3) is 0 Å². The van der Waals surface area contributed by atoms with Crippen molar-refractivity contribution in [1.29, 1.82) is 0 Å². The number of amides is 2. The molecule has 4 rings (SSSR count). The zero-order chi connectivity index (χ0) is 28.2. The molecule has 10 heteroatoms. The number of rotatable bonds is 14. The predicted molar refractivity (Wildman–Crippen MR) is 153 cm³/mol. The van der Waals surface area contributed by atoms with Crippen LogP contribution in [0.15, 0.2) is 49.6 Å². The fraction of sp³-hybridized carbons (Fsp3) is 0.552. The van der Waals surface area contributed by atoms with Gasteiger partial charge in [-0.2, -0.15) is 0 Å². The van der Waals surface area contributed by atoms with Crippen LogP contribution in [0.5, 0.6) is 0 Å². The summed E-state index contributed by atoms with van der Waals surface area (Å²) in [6, 6.07) is 5.96. The van der Waals surface area contributed by atoms with Crippen LogP contribution in [-0.4, -0.2) is 76.7 Å². The van der Waals surface area contributed by atoms with Gasteiger partial charge in [0.2, 0.25) is 5.91 Å². The number of carbonyl (C=O) groups is 3. The van der Waals surface area contributed by atoms with Crippen LogP contribution in [0.4, 0.5) is 5.69 Å². The van der Waals surface area contributed by atoms with Gasteiger partial charge in [-0.05, 0) is 62.8 Å². The van der Waals surface area contributed by atoms with Gasteiger partial charge in [0.25, 0.3) is 5.91 Å². The number of anilines is 1. The Hall–Kier alpha value is -2.20. The summed E-state index contributed by atoms with van der Waals surface area (Å²) in [7, 11) is 0. The fourth-order valence-corrected chi connectivity index (χ4v) is 7.26. The Labute approximate surface area is 243 Å². The molecule has 8 nitrogen and oxygen atoms in total. The van der Waals surface area contributed by atoms with E-state index in [1.54, 1.807) is 40.1 Å². The van der Waals surface area contributed by atoms with Crippen LogP contribution in [0.2, 0.25) is 5.02 Å². The van der Waals surface area contributed by atoms with Crippen molar-refractivity contribution in [3.63, 3.8) is 0 Å². The van der Waals surface area contributed by atoms with Crippen LogP contribution in [0.3, 0.4) is 0 Å².